The first-order valence-electron chi connectivity index (χ1n) is 5.87. The molecule has 0 aliphatic carbocycles. The van der Waals surface area contributed by atoms with E-state index in [2.05, 4.69) is 9.71 Å². The Morgan fingerprint density at radius 2 is 1.95 bits per heavy atom. The highest BCUT2D eigenvalue weighted by Crippen LogP contribution is 2.16. The van der Waals surface area contributed by atoms with E-state index in [9.17, 15) is 8.42 Å². The van der Waals surface area contributed by atoms with Gasteiger partial charge in [0.2, 0.25) is 10.0 Å². The number of sulfonamides is 1. The molecular formula is C13H13ClN2O2S2. The van der Waals surface area contributed by atoms with Gasteiger partial charge in [0.1, 0.15) is 5.15 Å². The van der Waals surface area contributed by atoms with Gasteiger partial charge in [0.15, 0.2) is 0 Å². The van der Waals surface area contributed by atoms with Crippen LogP contribution in [0.4, 0.5) is 0 Å². The fourth-order valence-corrected chi connectivity index (χ4v) is 3.70. The quantitative estimate of drug-likeness (QED) is 0.503. The molecule has 1 N–H and O–H groups in total. The van der Waals surface area contributed by atoms with Gasteiger partial charge in [0.25, 0.3) is 0 Å². The molecule has 0 unspecified atom stereocenters. The van der Waals surface area contributed by atoms with Crippen molar-refractivity contribution < 1.29 is 8.42 Å². The Kier molecular flexibility index (Phi) is 5.42. The standard InChI is InChI=1S/C13H13ClN2O2S2/c14-13-10-12(6-7-15-13)20(17,18)16-8-9-19-11-4-2-1-3-5-11/h1-7,10,16H,8-9H2. The molecule has 0 aliphatic heterocycles. The summed E-state index contributed by atoms with van der Waals surface area (Å²) in [5.41, 5.74) is 0. The van der Waals surface area contributed by atoms with E-state index >= 15 is 0 Å². The summed E-state index contributed by atoms with van der Waals surface area (Å²) in [5, 5.41) is 0.159. The van der Waals surface area contributed by atoms with Crippen LogP contribution in [0.2, 0.25) is 5.15 Å². The summed E-state index contributed by atoms with van der Waals surface area (Å²) in [5.74, 6) is 0.655. The topological polar surface area (TPSA) is 59.1 Å². The molecule has 0 radical (unpaired) electrons. The van der Waals surface area contributed by atoms with Gasteiger partial charge in [-0.15, -0.1) is 11.8 Å². The van der Waals surface area contributed by atoms with E-state index in [-0.39, 0.29) is 10.0 Å². The van der Waals surface area contributed by atoms with Gasteiger partial charge in [-0.2, -0.15) is 0 Å². The third kappa shape index (κ3) is 4.49. The molecule has 106 valence electrons. The zero-order valence-corrected chi connectivity index (χ0v) is 12.9. The predicted molar refractivity (Wildman–Crippen MR) is 81.6 cm³/mol. The number of halogens is 1. The number of benzene rings is 1. The van der Waals surface area contributed by atoms with Crippen molar-refractivity contribution >= 4 is 33.4 Å². The molecule has 2 rings (SSSR count). The zero-order valence-electron chi connectivity index (χ0n) is 10.5. The predicted octanol–water partition coefficient (Wildman–Crippen LogP) is 2.81. The van der Waals surface area contributed by atoms with Crippen LogP contribution in [0.15, 0.2) is 58.5 Å². The number of thioether (sulfide) groups is 1. The first-order valence-corrected chi connectivity index (χ1v) is 8.72. The van der Waals surface area contributed by atoms with E-state index in [0.29, 0.717) is 12.3 Å². The normalized spacial score (nSPS) is 11.4. The van der Waals surface area contributed by atoms with Gasteiger partial charge < -0.3 is 0 Å². The average Bonchev–Trinajstić information content (AvgIpc) is 2.45. The molecule has 20 heavy (non-hydrogen) atoms. The molecule has 0 bridgehead atoms. The number of rotatable bonds is 6. The van der Waals surface area contributed by atoms with E-state index in [1.165, 1.54) is 18.3 Å². The Balaban J connectivity index is 1.87. The third-order valence-corrected chi connectivity index (χ3v) is 5.09. The van der Waals surface area contributed by atoms with Crippen LogP contribution in [-0.4, -0.2) is 25.7 Å². The van der Waals surface area contributed by atoms with Crippen molar-refractivity contribution in [1.29, 1.82) is 0 Å². The van der Waals surface area contributed by atoms with Crippen LogP contribution in [0.1, 0.15) is 0 Å². The summed E-state index contributed by atoms with van der Waals surface area (Å²) in [6.07, 6.45) is 1.37. The minimum Gasteiger partial charge on any atom is -0.244 e. The zero-order chi connectivity index (χ0) is 14.4. The molecule has 0 saturated carbocycles. The average molecular weight is 329 g/mol. The largest absolute Gasteiger partial charge is 0.244 e. The van der Waals surface area contributed by atoms with Crippen molar-refractivity contribution in [3.05, 3.63) is 53.8 Å². The monoisotopic (exact) mass is 328 g/mol. The molecule has 0 spiro atoms. The van der Waals surface area contributed by atoms with Crippen LogP contribution in [0.5, 0.6) is 0 Å². The first-order chi connectivity index (χ1) is 9.58. The van der Waals surface area contributed by atoms with E-state index in [4.69, 9.17) is 11.6 Å². The van der Waals surface area contributed by atoms with Crippen LogP contribution in [0.3, 0.4) is 0 Å². The van der Waals surface area contributed by atoms with E-state index in [1.807, 2.05) is 30.3 Å². The fraction of sp³-hybridized carbons (Fsp3) is 0.154. The minimum absolute atomic E-state index is 0.127. The van der Waals surface area contributed by atoms with Crippen molar-refractivity contribution in [2.75, 3.05) is 12.3 Å². The van der Waals surface area contributed by atoms with Gasteiger partial charge in [0, 0.05) is 23.4 Å². The maximum atomic E-state index is 12.0. The number of aromatic nitrogens is 1. The maximum absolute atomic E-state index is 12.0. The number of hydrogen-bond acceptors (Lipinski definition) is 4. The van der Waals surface area contributed by atoms with Crippen molar-refractivity contribution in [1.82, 2.24) is 9.71 Å². The molecule has 0 aliphatic rings. The van der Waals surface area contributed by atoms with Crippen LogP contribution >= 0.6 is 23.4 Å². The summed E-state index contributed by atoms with van der Waals surface area (Å²) < 4.78 is 26.5. The van der Waals surface area contributed by atoms with Crippen molar-refractivity contribution in [2.24, 2.45) is 0 Å². The minimum atomic E-state index is -3.52. The summed E-state index contributed by atoms with van der Waals surface area (Å²) >= 11 is 7.28. The lowest BCUT2D eigenvalue weighted by molar-refractivity contribution is 0.584. The van der Waals surface area contributed by atoms with Gasteiger partial charge in [0.05, 0.1) is 4.90 Å². The maximum Gasteiger partial charge on any atom is 0.240 e. The van der Waals surface area contributed by atoms with Crippen molar-refractivity contribution in [2.45, 2.75) is 9.79 Å². The second kappa shape index (κ2) is 7.08. The van der Waals surface area contributed by atoms with Crippen LogP contribution in [-0.2, 0) is 10.0 Å². The van der Waals surface area contributed by atoms with Gasteiger partial charge >= 0.3 is 0 Å². The Hall–Kier alpha value is -1.08. The molecule has 1 aromatic heterocycles. The highest BCUT2D eigenvalue weighted by molar-refractivity contribution is 7.99. The molecule has 0 fully saturated rings. The molecule has 1 heterocycles. The highest BCUT2D eigenvalue weighted by atomic mass is 35.5. The number of nitrogens with zero attached hydrogens (tertiary/aromatic N) is 1. The van der Waals surface area contributed by atoms with E-state index < -0.39 is 10.0 Å². The Morgan fingerprint density at radius 3 is 2.65 bits per heavy atom. The second-order valence-electron chi connectivity index (χ2n) is 3.87. The lowest BCUT2D eigenvalue weighted by Crippen LogP contribution is -2.26. The van der Waals surface area contributed by atoms with Crippen LogP contribution < -0.4 is 4.72 Å². The molecule has 2 aromatic rings. The van der Waals surface area contributed by atoms with Gasteiger partial charge in [-0.1, -0.05) is 29.8 Å². The smallest absolute Gasteiger partial charge is 0.240 e. The summed E-state index contributed by atoms with van der Waals surface area (Å²) in [6.45, 7) is 0.349. The molecular weight excluding hydrogens is 316 g/mol. The fourth-order valence-electron chi connectivity index (χ4n) is 1.50. The van der Waals surface area contributed by atoms with Crippen molar-refractivity contribution in [3.63, 3.8) is 0 Å². The van der Waals surface area contributed by atoms with E-state index in [0.717, 1.165) is 4.90 Å². The number of nitrogens with one attached hydrogen (secondary N) is 1. The summed E-state index contributed by atoms with van der Waals surface area (Å²) in [7, 11) is -3.52. The van der Waals surface area contributed by atoms with Crippen LogP contribution in [0.25, 0.3) is 0 Å². The molecule has 1 aromatic carbocycles. The van der Waals surface area contributed by atoms with Gasteiger partial charge in [-0.05, 0) is 24.3 Å². The SMILES string of the molecule is O=S(=O)(NCCSc1ccccc1)c1ccnc(Cl)c1. The summed E-state index contributed by atoms with van der Waals surface area (Å²) in [4.78, 5) is 5.00. The Labute approximate surface area is 127 Å². The number of pyridine rings is 1. The molecule has 4 nitrogen and oxygen atoms in total. The summed E-state index contributed by atoms with van der Waals surface area (Å²) in [6, 6.07) is 12.6. The highest BCUT2D eigenvalue weighted by Gasteiger charge is 2.13. The van der Waals surface area contributed by atoms with Crippen molar-refractivity contribution in [3.8, 4) is 0 Å². The Bertz CT molecular complexity index is 663. The molecule has 0 amide bonds. The first kappa shape index (κ1) is 15.3. The molecule has 0 saturated heterocycles. The molecule has 7 heteroatoms. The second-order valence-corrected chi connectivity index (χ2v) is 7.20. The third-order valence-electron chi connectivity index (χ3n) is 2.41. The lowest BCUT2D eigenvalue weighted by atomic mass is 10.4. The Morgan fingerprint density at radius 1 is 1.20 bits per heavy atom. The van der Waals surface area contributed by atoms with Gasteiger partial charge in [-0.25, -0.2) is 18.1 Å². The van der Waals surface area contributed by atoms with E-state index in [1.54, 1.807) is 11.8 Å². The van der Waals surface area contributed by atoms with Crippen LogP contribution in [0, 0.1) is 0 Å². The van der Waals surface area contributed by atoms with Gasteiger partial charge in [-0.3, -0.25) is 0 Å². The molecule has 0 atom stereocenters. The lowest BCUT2D eigenvalue weighted by Gasteiger charge is -2.06. The number of hydrogen-bond donors (Lipinski definition) is 1.